The minimum Gasteiger partial charge on any atom is -0.450 e. The number of benzene rings is 2. The summed E-state index contributed by atoms with van der Waals surface area (Å²) in [7, 11) is 0. The second kappa shape index (κ2) is 6.17. The van der Waals surface area contributed by atoms with Gasteiger partial charge in [-0.25, -0.2) is 0 Å². The Morgan fingerprint density at radius 1 is 1.24 bits per heavy atom. The van der Waals surface area contributed by atoms with E-state index in [1.807, 2.05) is 25.1 Å². The van der Waals surface area contributed by atoms with Crippen molar-refractivity contribution in [2.24, 2.45) is 0 Å². The van der Waals surface area contributed by atoms with Gasteiger partial charge in [0, 0.05) is 11.6 Å². The highest BCUT2D eigenvalue weighted by atomic mass is 16.6. The third-order valence-corrected chi connectivity index (χ3v) is 3.10. The summed E-state index contributed by atoms with van der Waals surface area (Å²) in [6, 6.07) is 11.6. The predicted molar refractivity (Wildman–Crippen MR) is 79.0 cm³/mol. The molecule has 21 heavy (non-hydrogen) atoms. The molecule has 0 unspecified atom stereocenters. The van der Waals surface area contributed by atoms with E-state index < -0.39 is 4.92 Å². The average molecular weight is 285 g/mol. The zero-order chi connectivity index (χ0) is 15.4. The van der Waals surface area contributed by atoms with Crippen LogP contribution in [0.4, 0.5) is 5.69 Å². The van der Waals surface area contributed by atoms with Gasteiger partial charge in [0.15, 0.2) is 5.78 Å². The molecular formula is C16H15NO4. The highest BCUT2D eigenvalue weighted by Gasteiger charge is 2.18. The van der Waals surface area contributed by atoms with Crippen molar-refractivity contribution >= 4 is 11.5 Å². The monoisotopic (exact) mass is 285 g/mol. The zero-order valence-corrected chi connectivity index (χ0v) is 11.8. The largest absolute Gasteiger partial charge is 0.450 e. The van der Waals surface area contributed by atoms with Crippen LogP contribution >= 0.6 is 0 Å². The summed E-state index contributed by atoms with van der Waals surface area (Å²) in [5.74, 6) is 0.434. The van der Waals surface area contributed by atoms with Crippen LogP contribution in [0.2, 0.25) is 0 Å². The van der Waals surface area contributed by atoms with Crippen LogP contribution in [0, 0.1) is 10.1 Å². The summed E-state index contributed by atoms with van der Waals surface area (Å²) in [6.45, 7) is 3.38. The first-order valence-corrected chi connectivity index (χ1v) is 6.57. The highest BCUT2D eigenvalue weighted by molar-refractivity contribution is 5.95. The Balaban J connectivity index is 2.38. The van der Waals surface area contributed by atoms with Crippen LogP contribution < -0.4 is 4.74 Å². The molecule has 2 aromatic carbocycles. The van der Waals surface area contributed by atoms with Gasteiger partial charge >= 0.3 is 5.69 Å². The summed E-state index contributed by atoms with van der Waals surface area (Å²) in [6.07, 6.45) is 0.850. The van der Waals surface area contributed by atoms with E-state index in [0.717, 1.165) is 12.0 Å². The third kappa shape index (κ3) is 3.45. The summed E-state index contributed by atoms with van der Waals surface area (Å²) in [4.78, 5) is 21.9. The lowest BCUT2D eigenvalue weighted by Gasteiger charge is -2.08. The Labute approximate surface area is 122 Å². The number of hydrogen-bond acceptors (Lipinski definition) is 4. The molecule has 0 fully saturated rings. The molecule has 0 heterocycles. The molecule has 0 radical (unpaired) electrons. The number of nitro benzene ring substituents is 1. The molecule has 5 heteroatoms. The molecular weight excluding hydrogens is 270 g/mol. The lowest BCUT2D eigenvalue weighted by Crippen LogP contribution is -1.98. The van der Waals surface area contributed by atoms with Crippen LogP contribution in [0.5, 0.6) is 11.5 Å². The van der Waals surface area contributed by atoms with Gasteiger partial charge < -0.3 is 4.74 Å². The van der Waals surface area contributed by atoms with Crippen LogP contribution in [0.15, 0.2) is 42.5 Å². The summed E-state index contributed by atoms with van der Waals surface area (Å²) < 4.78 is 5.60. The van der Waals surface area contributed by atoms with Gasteiger partial charge in [-0.05, 0) is 43.2 Å². The first-order valence-electron chi connectivity index (χ1n) is 6.57. The molecule has 0 bridgehead atoms. The number of nitrogens with zero attached hydrogens (tertiary/aromatic N) is 1. The van der Waals surface area contributed by atoms with Gasteiger partial charge in [-0.3, -0.25) is 14.9 Å². The molecule has 0 saturated heterocycles. The lowest BCUT2D eigenvalue weighted by atomic mass is 10.1. The Morgan fingerprint density at radius 3 is 2.62 bits per heavy atom. The fourth-order valence-corrected chi connectivity index (χ4v) is 1.92. The molecule has 0 aliphatic heterocycles. The maximum Gasteiger partial charge on any atom is 0.312 e. The van der Waals surface area contributed by atoms with Gasteiger partial charge in [0.2, 0.25) is 5.75 Å². The Kier molecular flexibility index (Phi) is 4.33. The minimum atomic E-state index is -0.550. The molecule has 2 rings (SSSR count). The molecule has 0 aliphatic rings. The summed E-state index contributed by atoms with van der Waals surface area (Å²) in [5, 5.41) is 11.1. The second-order valence-corrected chi connectivity index (χ2v) is 4.60. The van der Waals surface area contributed by atoms with Crippen LogP contribution in [0.3, 0.4) is 0 Å². The van der Waals surface area contributed by atoms with Crippen molar-refractivity contribution in [3.8, 4) is 11.5 Å². The molecule has 0 atom stereocenters. The Bertz CT molecular complexity index is 694. The molecule has 0 aromatic heterocycles. The van der Waals surface area contributed by atoms with Gasteiger partial charge in [-0.2, -0.15) is 0 Å². The Morgan fingerprint density at radius 2 is 2.00 bits per heavy atom. The number of rotatable bonds is 5. The van der Waals surface area contributed by atoms with Crippen molar-refractivity contribution in [3.05, 3.63) is 63.7 Å². The van der Waals surface area contributed by atoms with E-state index in [-0.39, 0.29) is 22.8 Å². The van der Waals surface area contributed by atoms with Gasteiger partial charge in [0.1, 0.15) is 5.75 Å². The normalized spacial score (nSPS) is 10.2. The molecule has 0 aliphatic carbocycles. The molecule has 0 amide bonds. The van der Waals surface area contributed by atoms with Crippen LogP contribution in [-0.4, -0.2) is 10.7 Å². The van der Waals surface area contributed by atoms with Crippen molar-refractivity contribution in [3.63, 3.8) is 0 Å². The van der Waals surface area contributed by atoms with Gasteiger partial charge in [0.25, 0.3) is 0 Å². The number of hydrogen-bond donors (Lipinski definition) is 0. The quantitative estimate of drug-likeness (QED) is 0.470. The van der Waals surface area contributed by atoms with Crippen molar-refractivity contribution in [2.75, 3.05) is 0 Å². The SMILES string of the molecule is CCc1cccc(Oc2ccc(C(C)=O)cc2[N+](=O)[O-])c1. The minimum absolute atomic E-state index is 0.123. The molecule has 2 aromatic rings. The number of ketones is 1. The van der Waals surface area contributed by atoms with Gasteiger partial charge in [0.05, 0.1) is 4.92 Å². The van der Waals surface area contributed by atoms with E-state index in [0.29, 0.717) is 5.75 Å². The van der Waals surface area contributed by atoms with E-state index in [9.17, 15) is 14.9 Å². The van der Waals surface area contributed by atoms with E-state index >= 15 is 0 Å². The maximum atomic E-state index is 11.3. The van der Waals surface area contributed by atoms with E-state index in [1.54, 1.807) is 6.07 Å². The zero-order valence-electron chi connectivity index (χ0n) is 11.8. The van der Waals surface area contributed by atoms with Gasteiger partial charge in [-0.1, -0.05) is 19.1 Å². The predicted octanol–water partition coefficient (Wildman–Crippen LogP) is 4.15. The van der Waals surface area contributed by atoms with E-state index in [1.165, 1.54) is 25.1 Å². The third-order valence-electron chi connectivity index (χ3n) is 3.10. The van der Waals surface area contributed by atoms with Crippen molar-refractivity contribution in [1.82, 2.24) is 0 Å². The number of nitro groups is 1. The van der Waals surface area contributed by atoms with Crippen LogP contribution in [-0.2, 0) is 6.42 Å². The molecule has 0 N–H and O–H groups in total. The Hall–Kier alpha value is -2.69. The second-order valence-electron chi connectivity index (χ2n) is 4.60. The van der Waals surface area contributed by atoms with Crippen molar-refractivity contribution < 1.29 is 14.5 Å². The van der Waals surface area contributed by atoms with Gasteiger partial charge in [-0.15, -0.1) is 0 Å². The number of aryl methyl sites for hydroxylation is 1. The average Bonchev–Trinajstić information content (AvgIpc) is 2.47. The van der Waals surface area contributed by atoms with Crippen LogP contribution in [0.1, 0.15) is 29.8 Å². The molecule has 5 nitrogen and oxygen atoms in total. The lowest BCUT2D eigenvalue weighted by molar-refractivity contribution is -0.385. The van der Waals surface area contributed by atoms with E-state index in [2.05, 4.69) is 0 Å². The first-order chi connectivity index (χ1) is 10.0. The van der Waals surface area contributed by atoms with E-state index in [4.69, 9.17) is 4.74 Å². The fraction of sp³-hybridized carbons (Fsp3) is 0.188. The fourth-order valence-electron chi connectivity index (χ4n) is 1.92. The molecule has 0 saturated carbocycles. The summed E-state index contributed by atoms with van der Waals surface area (Å²) in [5.41, 5.74) is 1.15. The smallest absolute Gasteiger partial charge is 0.312 e. The first kappa shape index (κ1) is 14.7. The molecule has 0 spiro atoms. The van der Waals surface area contributed by atoms with Crippen molar-refractivity contribution in [1.29, 1.82) is 0 Å². The number of carbonyl (C=O) groups excluding carboxylic acids is 1. The number of carbonyl (C=O) groups is 1. The number of Topliss-reactive ketones (excluding diaryl/α,β-unsaturated/α-hetero) is 1. The summed E-state index contributed by atoms with van der Waals surface area (Å²) >= 11 is 0. The highest BCUT2D eigenvalue weighted by Crippen LogP contribution is 2.32. The topological polar surface area (TPSA) is 69.4 Å². The maximum absolute atomic E-state index is 11.3. The van der Waals surface area contributed by atoms with Crippen LogP contribution in [0.25, 0.3) is 0 Å². The van der Waals surface area contributed by atoms with Crippen molar-refractivity contribution in [2.45, 2.75) is 20.3 Å². The molecule has 108 valence electrons. The number of ether oxygens (including phenoxy) is 1. The standard InChI is InChI=1S/C16H15NO4/c1-3-12-5-4-6-14(9-12)21-16-8-7-13(11(2)18)10-15(16)17(19)20/h4-10H,3H2,1-2H3.